The van der Waals surface area contributed by atoms with Crippen LogP contribution in [0.15, 0.2) is 53.5 Å². The molecular weight excluding hydrogens is 530 g/mol. The normalized spacial score (nSPS) is 13.3. The fourth-order valence-electron chi connectivity index (χ4n) is 4.14. The number of benzene rings is 1. The minimum Gasteiger partial charge on any atom is -0.490 e. The zero-order valence-electron chi connectivity index (χ0n) is 23.5. The van der Waals surface area contributed by atoms with Crippen LogP contribution in [0.2, 0.25) is 0 Å². The summed E-state index contributed by atoms with van der Waals surface area (Å²) in [6.45, 7) is 5.56. The number of carbonyl (C=O) groups is 4. The van der Waals surface area contributed by atoms with E-state index in [1.807, 2.05) is 25.8 Å². The molecule has 41 heavy (non-hydrogen) atoms. The number of aliphatic carboxylic acids is 1. The molecule has 0 aliphatic carbocycles. The third-order valence-electron chi connectivity index (χ3n) is 6.46. The molecule has 3 rings (SSSR count). The van der Waals surface area contributed by atoms with E-state index < -0.39 is 29.4 Å². The number of aromatic nitrogens is 1. The van der Waals surface area contributed by atoms with Crippen molar-refractivity contribution in [2.45, 2.75) is 45.7 Å². The van der Waals surface area contributed by atoms with Gasteiger partial charge in [0.05, 0.1) is 12.2 Å². The van der Waals surface area contributed by atoms with Crippen LogP contribution in [-0.2, 0) is 20.9 Å². The number of hydrogen-bond donors (Lipinski definition) is 4. The summed E-state index contributed by atoms with van der Waals surface area (Å²) in [5.74, 6) is -1.68. The van der Waals surface area contributed by atoms with Gasteiger partial charge in [-0.25, -0.2) is 4.79 Å². The van der Waals surface area contributed by atoms with Crippen molar-refractivity contribution in [2.24, 2.45) is 5.92 Å². The van der Waals surface area contributed by atoms with Crippen LogP contribution >= 0.6 is 0 Å². The highest BCUT2D eigenvalue weighted by Crippen LogP contribution is 2.31. The molecule has 12 nitrogen and oxygen atoms in total. The van der Waals surface area contributed by atoms with E-state index in [0.717, 1.165) is 18.2 Å². The molecule has 1 aromatic heterocycles. The second-order valence-corrected chi connectivity index (χ2v) is 10.2. The summed E-state index contributed by atoms with van der Waals surface area (Å²) in [5, 5.41) is 16.9. The molecule has 4 N–H and O–H groups in total. The molecule has 12 heteroatoms. The van der Waals surface area contributed by atoms with E-state index in [2.05, 4.69) is 16.0 Å². The summed E-state index contributed by atoms with van der Waals surface area (Å²) in [6.07, 6.45) is 4.84. The summed E-state index contributed by atoms with van der Waals surface area (Å²) >= 11 is 0. The summed E-state index contributed by atoms with van der Waals surface area (Å²) in [7, 11) is 1.92. The fourth-order valence-corrected chi connectivity index (χ4v) is 4.14. The first kappa shape index (κ1) is 30.9. The Labute approximate surface area is 238 Å². The van der Waals surface area contributed by atoms with Gasteiger partial charge < -0.3 is 35.3 Å². The molecule has 2 heterocycles. The van der Waals surface area contributed by atoms with Gasteiger partial charge in [-0.05, 0) is 55.5 Å². The number of carboxylic acid groups (broad SMARTS) is 1. The molecule has 0 saturated carbocycles. The Morgan fingerprint density at radius 3 is 2.66 bits per heavy atom. The average Bonchev–Trinajstić information content (AvgIpc) is 2.92. The van der Waals surface area contributed by atoms with Crippen molar-refractivity contribution in [3.05, 3.63) is 64.6 Å². The van der Waals surface area contributed by atoms with E-state index in [-0.39, 0.29) is 36.5 Å². The van der Waals surface area contributed by atoms with Crippen molar-refractivity contribution in [1.29, 1.82) is 0 Å². The monoisotopic (exact) mass is 567 g/mol. The van der Waals surface area contributed by atoms with E-state index in [0.29, 0.717) is 31.4 Å². The Morgan fingerprint density at radius 1 is 1.15 bits per heavy atom. The predicted molar refractivity (Wildman–Crippen MR) is 154 cm³/mol. The Balaban J connectivity index is 1.73. The van der Waals surface area contributed by atoms with E-state index in [1.165, 1.54) is 29.0 Å². The van der Waals surface area contributed by atoms with Gasteiger partial charge >= 0.3 is 5.97 Å². The molecule has 0 spiro atoms. The number of carbonyl (C=O) groups excluding carboxylic acids is 3. The first-order valence-corrected chi connectivity index (χ1v) is 13.5. The van der Waals surface area contributed by atoms with Crippen molar-refractivity contribution in [3.63, 3.8) is 0 Å². The van der Waals surface area contributed by atoms with Crippen LogP contribution in [0.5, 0.6) is 5.75 Å². The average molecular weight is 568 g/mol. The number of allylic oxidation sites excluding steroid dienone is 1. The number of rotatable bonds is 13. The molecule has 1 atom stereocenters. The third kappa shape index (κ3) is 9.23. The summed E-state index contributed by atoms with van der Waals surface area (Å²) in [4.78, 5) is 64.5. The molecule has 3 amide bonds. The quantitative estimate of drug-likeness (QED) is 0.268. The van der Waals surface area contributed by atoms with Crippen molar-refractivity contribution in [1.82, 2.24) is 15.2 Å². The van der Waals surface area contributed by atoms with Crippen LogP contribution in [0.1, 0.15) is 43.5 Å². The number of pyridine rings is 1. The van der Waals surface area contributed by atoms with E-state index in [9.17, 15) is 24.0 Å². The third-order valence-corrected chi connectivity index (χ3v) is 6.46. The number of nitrogens with one attached hydrogen (secondary N) is 3. The highest BCUT2D eigenvalue weighted by Gasteiger charge is 2.24. The molecule has 0 radical (unpaired) electrons. The van der Waals surface area contributed by atoms with Gasteiger partial charge in [-0.2, -0.15) is 0 Å². The van der Waals surface area contributed by atoms with Gasteiger partial charge in [0.1, 0.15) is 30.6 Å². The molecule has 1 aromatic carbocycles. The van der Waals surface area contributed by atoms with Crippen molar-refractivity contribution < 1.29 is 29.0 Å². The van der Waals surface area contributed by atoms with Crippen LogP contribution in [-0.4, -0.2) is 66.2 Å². The van der Waals surface area contributed by atoms with Crippen LogP contribution in [0.4, 0.5) is 11.4 Å². The summed E-state index contributed by atoms with van der Waals surface area (Å²) in [6, 6.07) is 6.84. The lowest BCUT2D eigenvalue weighted by Crippen LogP contribution is -2.44. The number of nitrogens with zero attached hydrogens (tertiary/aromatic N) is 2. The van der Waals surface area contributed by atoms with Crippen molar-refractivity contribution in [3.8, 4) is 5.75 Å². The maximum Gasteiger partial charge on any atom is 0.327 e. The van der Waals surface area contributed by atoms with Gasteiger partial charge in [0.25, 0.3) is 11.5 Å². The molecule has 0 saturated heterocycles. The van der Waals surface area contributed by atoms with Crippen LogP contribution in [0.25, 0.3) is 0 Å². The molecule has 0 bridgehead atoms. The lowest BCUT2D eigenvalue weighted by Gasteiger charge is -2.28. The lowest BCUT2D eigenvalue weighted by molar-refractivity contribution is -0.131. The predicted octanol–water partition coefficient (Wildman–Crippen LogP) is 2.00. The van der Waals surface area contributed by atoms with Gasteiger partial charge in [0.15, 0.2) is 0 Å². The van der Waals surface area contributed by atoms with Gasteiger partial charge in [-0.3, -0.25) is 19.2 Å². The molecule has 1 aliphatic heterocycles. The highest BCUT2D eigenvalue weighted by molar-refractivity contribution is 6.01. The SMILES string of the molecule is CC(C)CCNC(=O)Cn1cccc(NC(=O)C(CCC=CC(=O)O)NC(=O)c2ccc3c(c2)OCCN3C)c1=O. The van der Waals surface area contributed by atoms with E-state index in [1.54, 1.807) is 18.2 Å². The minimum atomic E-state index is -1.13. The fraction of sp³-hybridized carbons (Fsp3) is 0.414. The van der Waals surface area contributed by atoms with E-state index >= 15 is 0 Å². The number of carboxylic acids is 1. The summed E-state index contributed by atoms with van der Waals surface area (Å²) < 4.78 is 6.86. The van der Waals surface area contributed by atoms with Crippen LogP contribution < -0.4 is 31.1 Å². The minimum absolute atomic E-state index is 0.0574. The maximum atomic E-state index is 13.2. The molecule has 2 aromatic rings. The van der Waals surface area contributed by atoms with Crippen LogP contribution in [0, 0.1) is 5.92 Å². The maximum absolute atomic E-state index is 13.2. The first-order chi connectivity index (χ1) is 19.5. The molecular formula is C29H37N5O7. The Kier molecular flexibility index (Phi) is 11.1. The number of ether oxygens (including phenoxy) is 1. The second-order valence-electron chi connectivity index (χ2n) is 10.2. The zero-order valence-corrected chi connectivity index (χ0v) is 23.5. The Bertz CT molecular complexity index is 1350. The van der Waals surface area contributed by atoms with Gasteiger partial charge in [0.2, 0.25) is 11.8 Å². The number of hydrogen-bond acceptors (Lipinski definition) is 7. The smallest absolute Gasteiger partial charge is 0.327 e. The molecule has 220 valence electrons. The van der Waals surface area contributed by atoms with E-state index in [4.69, 9.17) is 9.84 Å². The highest BCUT2D eigenvalue weighted by atomic mass is 16.5. The Morgan fingerprint density at radius 2 is 1.93 bits per heavy atom. The summed E-state index contributed by atoms with van der Waals surface area (Å²) in [5.41, 5.74) is 0.489. The topological polar surface area (TPSA) is 159 Å². The first-order valence-electron chi connectivity index (χ1n) is 13.5. The van der Waals surface area contributed by atoms with Crippen molar-refractivity contribution in [2.75, 3.05) is 37.0 Å². The lowest BCUT2D eigenvalue weighted by atomic mass is 10.1. The second kappa shape index (κ2) is 14.7. The number of fused-ring (bicyclic) bond motifs is 1. The number of amides is 3. The number of likely N-dealkylation sites (N-methyl/N-ethyl adjacent to an activating group) is 1. The molecule has 1 unspecified atom stereocenters. The standard InChI is InChI=1S/C29H37N5O7/c1-19(2)12-13-30-25(35)18-34-14-6-8-22(29(34)40)32-28(39)21(7-4-5-9-26(36)37)31-27(38)20-10-11-23-24(17-20)41-16-15-33(23)3/h5-6,8-11,14,17,19,21H,4,7,12-13,15-16,18H2,1-3H3,(H,30,35)(H,31,38)(H,32,39)(H,36,37). The molecule has 0 fully saturated rings. The zero-order chi connectivity index (χ0) is 29.9. The van der Waals surface area contributed by atoms with Gasteiger partial charge in [-0.1, -0.05) is 19.9 Å². The Hall–Kier alpha value is -4.61. The van der Waals surface area contributed by atoms with Gasteiger partial charge in [-0.15, -0.1) is 0 Å². The van der Waals surface area contributed by atoms with Crippen LogP contribution in [0.3, 0.4) is 0 Å². The molecule has 1 aliphatic rings. The largest absolute Gasteiger partial charge is 0.490 e. The number of anilines is 2. The van der Waals surface area contributed by atoms with Gasteiger partial charge in [0, 0.05) is 31.4 Å². The van der Waals surface area contributed by atoms with Crippen molar-refractivity contribution >= 4 is 35.1 Å².